The lowest BCUT2D eigenvalue weighted by atomic mass is 10.2. The number of aryl methyl sites for hydroxylation is 1. The third kappa shape index (κ3) is 3.17. The van der Waals surface area contributed by atoms with Crippen molar-refractivity contribution >= 4 is 22.5 Å². The first kappa shape index (κ1) is 15.9. The molecule has 1 N–H and O–H groups in total. The number of ether oxygens (including phenoxy) is 1. The van der Waals surface area contributed by atoms with E-state index in [-0.39, 0.29) is 12.0 Å². The Balaban J connectivity index is 1.51. The molecule has 1 aliphatic heterocycles. The molecule has 0 bridgehead atoms. The molecule has 0 saturated carbocycles. The molecule has 0 radical (unpaired) electrons. The van der Waals surface area contributed by atoms with Crippen LogP contribution in [0.2, 0.25) is 0 Å². The molecule has 1 aromatic carbocycles. The first-order chi connectivity index (χ1) is 12.2. The van der Waals surface area contributed by atoms with Crippen LogP contribution >= 0.6 is 0 Å². The van der Waals surface area contributed by atoms with Crippen LogP contribution in [-0.2, 0) is 17.8 Å². The van der Waals surface area contributed by atoms with Gasteiger partial charge in [0.2, 0.25) is 0 Å². The number of nitrogens with zero attached hydrogens (tertiary/aromatic N) is 3. The molecular weight excluding hydrogens is 316 g/mol. The van der Waals surface area contributed by atoms with Crippen molar-refractivity contribution in [3.05, 3.63) is 48.4 Å². The van der Waals surface area contributed by atoms with Gasteiger partial charge in [-0.3, -0.25) is 9.48 Å². The molecule has 0 spiro atoms. The molecule has 1 saturated heterocycles. The van der Waals surface area contributed by atoms with Gasteiger partial charge in [-0.15, -0.1) is 0 Å². The van der Waals surface area contributed by atoms with E-state index in [1.165, 1.54) is 0 Å². The van der Waals surface area contributed by atoms with Crippen LogP contribution < -0.4 is 5.32 Å². The molecule has 1 fully saturated rings. The first-order valence-corrected chi connectivity index (χ1v) is 8.78. The van der Waals surface area contributed by atoms with Gasteiger partial charge in [-0.1, -0.05) is 18.2 Å². The number of hydrogen-bond acceptors (Lipinski definition) is 3. The maximum Gasteiger partial charge on any atom is 0.272 e. The number of carbonyl (C=O) groups is 1. The average Bonchev–Trinajstić information content (AvgIpc) is 3.34. The van der Waals surface area contributed by atoms with E-state index in [1.807, 2.05) is 52.7 Å². The highest BCUT2D eigenvalue weighted by Crippen LogP contribution is 2.21. The summed E-state index contributed by atoms with van der Waals surface area (Å²) in [6.07, 6.45) is 5.95. The third-order valence-electron chi connectivity index (χ3n) is 4.67. The molecule has 130 valence electrons. The number of fused-ring (bicyclic) bond motifs is 1. The number of nitrogens with one attached hydrogen (secondary N) is 1. The second-order valence-electron chi connectivity index (χ2n) is 6.37. The van der Waals surface area contributed by atoms with Crippen molar-refractivity contribution in [2.45, 2.75) is 39.0 Å². The Bertz CT molecular complexity index is 890. The van der Waals surface area contributed by atoms with Gasteiger partial charge in [0.1, 0.15) is 5.69 Å². The lowest BCUT2D eigenvalue weighted by molar-refractivity contribution is 0.0940. The molecule has 0 aliphatic carbocycles. The molecule has 3 heterocycles. The van der Waals surface area contributed by atoms with Crippen LogP contribution in [0.1, 0.15) is 30.3 Å². The summed E-state index contributed by atoms with van der Waals surface area (Å²) in [6, 6.07) is 9.97. The molecule has 4 rings (SSSR count). The van der Waals surface area contributed by atoms with Crippen molar-refractivity contribution in [3.8, 4) is 0 Å². The van der Waals surface area contributed by atoms with Crippen molar-refractivity contribution in [3.63, 3.8) is 0 Å². The molecular formula is C19H22N4O2. The molecule has 1 aliphatic rings. The van der Waals surface area contributed by atoms with Crippen LogP contribution in [0, 0.1) is 0 Å². The van der Waals surface area contributed by atoms with Gasteiger partial charge in [0.25, 0.3) is 5.91 Å². The topological polar surface area (TPSA) is 61.1 Å². The lowest BCUT2D eigenvalue weighted by Gasteiger charge is -2.09. The normalized spacial score (nSPS) is 17.2. The summed E-state index contributed by atoms with van der Waals surface area (Å²) in [5.74, 6) is -0.116. The molecule has 25 heavy (non-hydrogen) atoms. The van der Waals surface area contributed by atoms with Crippen LogP contribution in [0.25, 0.3) is 10.9 Å². The fourth-order valence-corrected chi connectivity index (χ4v) is 3.46. The SMILES string of the molecule is CCn1c(C(=O)Nc2cnn(CC3CCCO3)c2)cc2ccccc21. The summed E-state index contributed by atoms with van der Waals surface area (Å²) < 4.78 is 9.49. The quantitative estimate of drug-likeness (QED) is 0.776. The van der Waals surface area contributed by atoms with Crippen molar-refractivity contribution in [2.75, 3.05) is 11.9 Å². The summed E-state index contributed by atoms with van der Waals surface area (Å²) >= 11 is 0. The molecule has 1 atom stereocenters. The van der Waals surface area contributed by atoms with E-state index >= 15 is 0 Å². The number of carbonyl (C=O) groups excluding carboxylic acids is 1. The number of anilines is 1. The number of rotatable bonds is 5. The van der Waals surface area contributed by atoms with Crippen molar-refractivity contribution < 1.29 is 9.53 Å². The van der Waals surface area contributed by atoms with Crippen LogP contribution in [-0.4, -0.2) is 33.0 Å². The van der Waals surface area contributed by atoms with E-state index in [0.717, 1.165) is 43.4 Å². The summed E-state index contributed by atoms with van der Waals surface area (Å²) in [5, 5.41) is 8.35. The molecule has 1 amide bonds. The first-order valence-electron chi connectivity index (χ1n) is 8.78. The molecule has 6 heteroatoms. The minimum atomic E-state index is -0.116. The standard InChI is InChI=1S/C19H22N4O2/c1-2-23-17-8-4-3-6-14(17)10-18(23)19(24)21-15-11-20-22(12-15)13-16-7-5-9-25-16/h3-4,6,8,10-12,16H,2,5,7,9,13H2,1H3,(H,21,24). The maximum absolute atomic E-state index is 12.7. The minimum absolute atomic E-state index is 0.116. The second kappa shape index (κ2) is 6.72. The zero-order chi connectivity index (χ0) is 17.2. The van der Waals surface area contributed by atoms with E-state index in [0.29, 0.717) is 11.4 Å². The zero-order valence-electron chi connectivity index (χ0n) is 14.3. The molecule has 1 unspecified atom stereocenters. The van der Waals surface area contributed by atoms with Gasteiger partial charge in [0, 0.05) is 30.3 Å². The van der Waals surface area contributed by atoms with Crippen LogP contribution in [0.3, 0.4) is 0 Å². The van der Waals surface area contributed by atoms with Crippen LogP contribution in [0.5, 0.6) is 0 Å². The Morgan fingerprint density at radius 3 is 3.08 bits per heavy atom. The number of aromatic nitrogens is 3. The molecule has 6 nitrogen and oxygen atoms in total. The van der Waals surface area contributed by atoms with Gasteiger partial charge in [-0.2, -0.15) is 5.10 Å². The van der Waals surface area contributed by atoms with Gasteiger partial charge in [-0.25, -0.2) is 0 Å². The Labute approximate surface area is 146 Å². The van der Waals surface area contributed by atoms with Crippen molar-refractivity contribution in [1.29, 1.82) is 0 Å². The van der Waals surface area contributed by atoms with Gasteiger partial charge in [0.05, 0.1) is 24.5 Å². The fourth-order valence-electron chi connectivity index (χ4n) is 3.46. The van der Waals surface area contributed by atoms with E-state index < -0.39 is 0 Å². The van der Waals surface area contributed by atoms with Gasteiger partial charge >= 0.3 is 0 Å². The monoisotopic (exact) mass is 338 g/mol. The maximum atomic E-state index is 12.7. The summed E-state index contributed by atoms with van der Waals surface area (Å²) in [7, 11) is 0. The van der Waals surface area contributed by atoms with E-state index in [2.05, 4.69) is 10.4 Å². The fraction of sp³-hybridized carbons (Fsp3) is 0.368. The van der Waals surface area contributed by atoms with Gasteiger partial charge in [-0.05, 0) is 31.9 Å². The predicted molar refractivity (Wildman–Crippen MR) is 96.8 cm³/mol. The highest BCUT2D eigenvalue weighted by Gasteiger charge is 2.18. The Morgan fingerprint density at radius 2 is 2.28 bits per heavy atom. The summed E-state index contributed by atoms with van der Waals surface area (Å²) in [4.78, 5) is 12.7. The van der Waals surface area contributed by atoms with Crippen molar-refractivity contribution in [2.24, 2.45) is 0 Å². The predicted octanol–water partition coefficient (Wildman–Crippen LogP) is 3.29. The van der Waals surface area contributed by atoms with Crippen molar-refractivity contribution in [1.82, 2.24) is 14.3 Å². The molecule has 2 aromatic heterocycles. The number of benzene rings is 1. The zero-order valence-corrected chi connectivity index (χ0v) is 14.3. The average molecular weight is 338 g/mol. The van der Waals surface area contributed by atoms with Gasteiger partial charge < -0.3 is 14.6 Å². The molecule has 3 aromatic rings. The minimum Gasteiger partial charge on any atom is -0.376 e. The largest absolute Gasteiger partial charge is 0.376 e. The van der Waals surface area contributed by atoms with E-state index in [1.54, 1.807) is 6.20 Å². The summed E-state index contributed by atoms with van der Waals surface area (Å²) in [5.41, 5.74) is 2.44. The van der Waals surface area contributed by atoms with E-state index in [9.17, 15) is 4.79 Å². The Kier molecular flexibility index (Phi) is 4.28. The third-order valence-corrected chi connectivity index (χ3v) is 4.67. The van der Waals surface area contributed by atoms with Crippen LogP contribution in [0.4, 0.5) is 5.69 Å². The highest BCUT2D eigenvalue weighted by molar-refractivity contribution is 6.06. The number of amides is 1. The highest BCUT2D eigenvalue weighted by atomic mass is 16.5. The smallest absolute Gasteiger partial charge is 0.272 e. The lowest BCUT2D eigenvalue weighted by Crippen LogP contribution is -2.17. The summed E-state index contributed by atoms with van der Waals surface area (Å²) in [6.45, 7) is 4.35. The number of para-hydroxylation sites is 1. The second-order valence-corrected chi connectivity index (χ2v) is 6.37. The van der Waals surface area contributed by atoms with Gasteiger partial charge in [0.15, 0.2) is 0 Å². The van der Waals surface area contributed by atoms with E-state index in [4.69, 9.17) is 4.74 Å². The Hall–Kier alpha value is -2.60. The number of hydrogen-bond donors (Lipinski definition) is 1. The Morgan fingerprint density at radius 1 is 1.40 bits per heavy atom. The van der Waals surface area contributed by atoms with Crippen LogP contribution in [0.15, 0.2) is 42.7 Å².